The summed E-state index contributed by atoms with van der Waals surface area (Å²) in [4.78, 5) is 4.59. The van der Waals surface area contributed by atoms with Crippen LogP contribution in [0.5, 0.6) is 0 Å². The zero-order chi connectivity index (χ0) is 20.9. The fourth-order valence-electron chi connectivity index (χ4n) is 2.88. The van der Waals surface area contributed by atoms with Crippen LogP contribution in [-0.2, 0) is 5.41 Å². The van der Waals surface area contributed by atoms with Crippen LogP contribution in [0.3, 0.4) is 0 Å². The van der Waals surface area contributed by atoms with E-state index in [1.807, 2.05) is 38.4 Å². The molecule has 4 rings (SSSR count). The minimum atomic E-state index is -0.216. The summed E-state index contributed by atoms with van der Waals surface area (Å²) >= 11 is 16.4. The Kier molecular flexibility index (Phi) is 5.55. The summed E-state index contributed by atoms with van der Waals surface area (Å²) < 4.78 is 9.76. The maximum atomic E-state index is 6.51. The van der Waals surface area contributed by atoms with E-state index in [1.165, 1.54) is 7.78 Å². The minimum absolute atomic E-state index is 0.143. The first kappa shape index (κ1) is 20.9. The Labute approximate surface area is 192 Å². The predicted octanol–water partition coefficient (Wildman–Crippen LogP) is 6.32. The third-order valence-corrected chi connectivity index (χ3v) is 7.86. The summed E-state index contributed by atoms with van der Waals surface area (Å²) in [7, 11) is 0. The molecule has 0 saturated heterocycles. The molecule has 0 atom stereocenters. The van der Waals surface area contributed by atoms with Crippen molar-refractivity contribution < 1.29 is 4.52 Å². The van der Waals surface area contributed by atoms with E-state index < -0.39 is 0 Å². The molecule has 0 bridgehead atoms. The van der Waals surface area contributed by atoms with E-state index in [-0.39, 0.29) is 19.9 Å². The van der Waals surface area contributed by atoms with Crippen LogP contribution in [0.1, 0.15) is 32.2 Å². The van der Waals surface area contributed by atoms with Crippen molar-refractivity contribution in [3.63, 3.8) is 0 Å². The van der Waals surface area contributed by atoms with Crippen LogP contribution in [-0.4, -0.2) is 34.4 Å². The summed E-state index contributed by atoms with van der Waals surface area (Å²) in [5, 5.41) is 10.1. The summed E-state index contributed by atoms with van der Waals surface area (Å²) in [6, 6.07) is 9.55. The quantitative estimate of drug-likeness (QED) is 0.276. The molecule has 0 aliphatic heterocycles. The number of rotatable bonds is 3. The Morgan fingerprint density at radius 3 is 2.48 bits per heavy atom. The van der Waals surface area contributed by atoms with E-state index in [0.29, 0.717) is 27.5 Å². The second kappa shape index (κ2) is 7.71. The number of aromatic nitrogens is 4. The van der Waals surface area contributed by atoms with E-state index in [2.05, 4.69) is 38.2 Å². The molecule has 0 fully saturated rings. The summed E-state index contributed by atoms with van der Waals surface area (Å²) in [6.45, 7) is 8.14. The van der Waals surface area contributed by atoms with Crippen LogP contribution >= 0.6 is 39.1 Å². The van der Waals surface area contributed by atoms with Gasteiger partial charge in [-0.25, -0.2) is 0 Å². The Balaban J connectivity index is 1.95. The van der Waals surface area contributed by atoms with Gasteiger partial charge >= 0.3 is 194 Å². The zero-order valence-corrected chi connectivity index (χ0v) is 20.9. The van der Waals surface area contributed by atoms with Gasteiger partial charge in [0.25, 0.3) is 0 Å². The molecule has 0 saturated carbocycles. The molecule has 0 aliphatic rings. The molecule has 0 N–H and O–H groups in total. The average Bonchev–Trinajstić information content (AvgIpc) is 3.33. The zero-order valence-electron chi connectivity index (χ0n) is 16.1. The van der Waals surface area contributed by atoms with Crippen molar-refractivity contribution >= 4 is 53.6 Å². The topological polar surface area (TPSA) is 56.7 Å². The number of hydrogen-bond acceptors (Lipinski definition) is 4. The second-order valence-corrected chi connectivity index (χ2v) is 12.8. The molecular weight excluding hydrogens is 542 g/mol. The third-order valence-electron chi connectivity index (χ3n) is 4.37. The van der Waals surface area contributed by atoms with Gasteiger partial charge in [-0.05, 0) is 0 Å². The SMILES string of the molecule is Cc1c(-c2nc(C(C)(C)C)no2)nn(-c2ccc(Cl)cc2Cl)c1-c1ccc(Br)[se]1. The van der Waals surface area contributed by atoms with E-state index in [1.54, 1.807) is 12.1 Å². The maximum absolute atomic E-state index is 6.51. The molecule has 3 aromatic heterocycles. The van der Waals surface area contributed by atoms with Gasteiger partial charge in [0.05, 0.1) is 0 Å². The van der Waals surface area contributed by atoms with Crippen LogP contribution in [0.15, 0.2) is 38.2 Å². The van der Waals surface area contributed by atoms with Gasteiger partial charge in [0, 0.05) is 0 Å². The van der Waals surface area contributed by atoms with E-state index in [4.69, 9.17) is 32.8 Å². The first-order chi connectivity index (χ1) is 13.6. The molecule has 29 heavy (non-hydrogen) atoms. The van der Waals surface area contributed by atoms with Crippen molar-refractivity contribution in [1.29, 1.82) is 0 Å². The normalized spacial score (nSPS) is 12.0. The Bertz CT molecular complexity index is 1210. The first-order valence-corrected chi connectivity index (χ1v) is 12.1. The van der Waals surface area contributed by atoms with Crippen molar-refractivity contribution in [2.45, 2.75) is 33.1 Å². The molecule has 1 aromatic carbocycles. The second-order valence-electron chi connectivity index (χ2n) is 7.61. The Morgan fingerprint density at radius 1 is 1.14 bits per heavy atom. The molecule has 0 amide bonds. The van der Waals surface area contributed by atoms with Gasteiger partial charge < -0.3 is 0 Å². The molecule has 0 spiro atoms. The van der Waals surface area contributed by atoms with Gasteiger partial charge in [-0.1, -0.05) is 0 Å². The standard InChI is InChI=1S/C20H17BrCl2N4OSe/c1-10-16(18-24-19(26-28-18)20(2,3)4)25-27(13-6-5-11(22)9-12(13)23)17(10)14-7-8-15(21)29-14/h5-9H,1-4H3. The van der Waals surface area contributed by atoms with Crippen LogP contribution in [0.4, 0.5) is 0 Å². The van der Waals surface area contributed by atoms with Crippen LogP contribution < -0.4 is 0 Å². The molecule has 150 valence electrons. The predicted molar refractivity (Wildman–Crippen MR) is 120 cm³/mol. The molecule has 0 radical (unpaired) electrons. The van der Waals surface area contributed by atoms with Crippen LogP contribution in [0.2, 0.25) is 10.0 Å². The van der Waals surface area contributed by atoms with Gasteiger partial charge in [0.2, 0.25) is 0 Å². The van der Waals surface area contributed by atoms with E-state index in [9.17, 15) is 0 Å². The van der Waals surface area contributed by atoms with Gasteiger partial charge in [-0.3, -0.25) is 0 Å². The van der Waals surface area contributed by atoms with Crippen LogP contribution in [0.25, 0.3) is 27.4 Å². The summed E-state index contributed by atoms with van der Waals surface area (Å²) in [5.74, 6) is 1.04. The monoisotopic (exact) mass is 558 g/mol. The average molecular weight is 559 g/mol. The fourth-order valence-corrected chi connectivity index (χ4v) is 6.13. The van der Waals surface area contributed by atoms with Gasteiger partial charge in [-0.2, -0.15) is 0 Å². The van der Waals surface area contributed by atoms with Gasteiger partial charge in [-0.15, -0.1) is 0 Å². The van der Waals surface area contributed by atoms with Crippen molar-refractivity contribution in [1.82, 2.24) is 19.9 Å². The van der Waals surface area contributed by atoms with Gasteiger partial charge in [0.15, 0.2) is 0 Å². The molecule has 0 aliphatic carbocycles. The molecule has 3 heterocycles. The number of hydrogen-bond donors (Lipinski definition) is 0. The fraction of sp³-hybridized carbons (Fsp3) is 0.250. The van der Waals surface area contributed by atoms with Crippen molar-refractivity contribution in [2.24, 2.45) is 0 Å². The third kappa shape index (κ3) is 3.99. The van der Waals surface area contributed by atoms with Crippen molar-refractivity contribution in [3.05, 3.63) is 55.1 Å². The van der Waals surface area contributed by atoms with Crippen LogP contribution in [0, 0.1) is 6.92 Å². The molecule has 5 nitrogen and oxygen atoms in total. The molecule has 0 unspecified atom stereocenters. The molecule has 4 aromatic rings. The van der Waals surface area contributed by atoms with Gasteiger partial charge in [0.1, 0.15) is 0 Å². The summed E-state index contributed by atoms with van der Waals surface area (Å²) in [6.07, 6.45) is 0. The summed E-state index contributed by atoms with van der Waals surface area (Å²) in [5.41, 5.74) is 3.12. The van der Waals surface area contributed by atoms with Crippen molar-refractivity contribution in [2.75, 3.05) is 0 Å². The number of benzene rings is 1. The van der Waals surface area contributed by atoms with E-state index >= 15 is 0 Å². The Morgan fingerprint density at radius 2 is 1.90 bits per heavy atom. The number of nitrogens with zero attached hydrogens (tertiary/aromatic N) is 4. The number of halogens is 3. The Hall–Kier alpha value is -1.37. The first-order valence-electron chi connectivity index (χ1n) is 8.80. The van der Waals surface area contributed by atoms with Crippen molar-refractivity contribution in [3.8, 4) is 27.4 Å². The van der Waals surface area contributed by atoms with E-state index in [0.717, 1.165) is 16.9 Å². The molecular formula is C20H17BrCl2N4OSe. The molecule has 9 heteroatoms.